The number of fused-ring (bicyclic) bond motifs is 1. The highest BCUT2D eigenvalue weighted by Gasteiger charge is 2.17. The number of aliphatic imine (C=N–C) groups is 1. The van der Waals surface area contributed by atoms with Crippen molar-refractivity contribution in [1.82, 2.24) is 25.5 Å². The Labute approximate surface area is 85.7 Å². The largest absolute Gasteiger partial charge is 0.328 e. The number of aromatic amines is 1. The zero-order valence-corrected chi connectivity index (χ0v) is 7.83. The number of H-pyrrole nitrogens is 1. The van der Waals surface area contributed by atoms with E-state index in [1.807, 2.05) is 29.3 Å². The van der Waals surface area contributed by atoms with Gasteiger partial charge >= 0.3 is 0 Å². The molecule has 74 valence electrons. The summed E-state index contributed by atoms with van der Waals surface area (Å²) >= 11 is 0. The van der Waals surface area contributed by atoms with Gasteiger partial charge in [-0.15, -0.1) is 5.10 Å². The fourth-order valence-corrected chi connectivity index (χ4v) is 1.52. The molecule has 1 aromatic heterocycles. The van der Waals surface area contributed by atoms with Crippen LogP contribution < -0.4 is 0 Å². The maximum atomic E-state index is 4.32. The normalized spacial score (nSPS) is 18.5. The van der Waals surface area contributed by atoms with Crippen LogP contribution in [-0.4, -0.2) is 37.9 Å². The molecule has 6 nitrogen and oxygen atoms in total. The Bertz CT molecular complexity index is 479. The van der Waals surface area contributed by atoms with Crippen molar-refractivity contribution < 1.29 is 0 Å². The predicted molar refractivity (Wildman–Crippen MR) is 54.6 cm³/mol. The Morgan fingerprint density at radius 1 is 1.33 bits per heavy atom. The minimum Gasteiger partial charge on any atom is -0.328 e. The van der Waals surface area contributed by atoms with Gasteiger partial charge in [0.05, 0.1) is 6.54 Å². The lowest BCUT2D eigenvalue weighted by atomic mass is 10.2. The van der Waals surface area contributed by atoms with Crippen LogP contribution in [0.4, 0.5) is 0 Å². The molecule has 2 aliphatic heterocycles. The molecule has 0 aliphatic carbocycles. The van der Waals surface area contributed by atoms with Crippen LogP contribution in [0.25, 0.3) is 5.57 Å². The number of amidine groups is 1. The van der Waals surface area contributed by atoms with Crippen LogP contribution in [-0.2, 0) is 0 Å². The Hall–Kier alpha value is -2.24. The van der Waals surface area contributed by atoms with Gasteiger partial charge in [-0.25, -0.2) is 10.1 Å². The summed E-state index contributed by atoms with van der Waals surface area (Å²) in [6.07, 6.45) is 9.67. The van der Waals surface area contributed by atoms with Crippen LogP contribution in [0.5, 0.6) is 0 Å². The fourth-order valence-electron chi connectivity index (χ4n) is 1.52. The number of rotatable bonds is 1. The van der Waals surface area contributed by atoms with Crippen LogP contribution in [0.3, 0.4) is 0 Å². The third kappa shape index (κ3) is 1.35. The number of allylic oxidation sites excluding steroid dienone is 2. The molecule has 0 amide bonds. The summed E-state index contributed by atoms with van der Waals surface area (Å²) in [4.78, 5) is 6.36. The minimum atomic E-state index is 0.667. The first-order valence-corrected chi connectivity index (χ1v) is 4.56. The van der Waals surface area contributed by atoms with Crippen LogP contribution in [0.15, 0.2) is 35.6 Å². The molecule has 0 unspecified atom stereocenters. The molecule has 0 bridgehead atoms. The molecule has 2 aliphatic rings. The fraction of sp³-hybridized carbons (Fsp3) is 0.111. The average Bonchev–Trinajstić information content (AvgIpc) is 2.82. The third-order valence-corrected chi connectivity index (χ3v) is 2.26. The molecule has 0 spiro atoms. The van der Waals surface area contributed by atoms with Gasteiger partial charge in [0.15, 0.2) is 5.82 Å². The van der Waals surface area contributed by atoms with Crippen molar-refractivity contribution in [2.45, 2.75) is 0 Å². The van der Waals surface area contributed by atoms with Gasteiger partial charge in [-0.2, -0.15) is 0 Å². The van der Waals surface area contributed by atoms with Gasteiger partial charge in [0.2, 0.25) is 0 Å². The quantitative estimate of drug-likeness (QED) is 0.709. The molecule has 1 aromatic rings. The van der Waals surface area contributed by atoms with E-state index >= 15 is 0 Å². The van der Waals surface area contributed by atoms with Gasteiger partial charge in [0.1, 0.15) is 5.84 Å². The van der Waals surface area contributed by atoms with E-state index in [1.165, 1.54) is 0 Å². The Morgan fingerprint density at radius 3 is 3.20 bits per heavy atom. The highest BCUT2D eigenvalue weighted by molar-refractivity contribution is 5.97. The number of aromatic nitrogens is 4. The van der Waals surface area contributed by atoms with Crippen molar-refractivity contribution in [3.05, 3.63) is 36.5 Å². The zero-order valence-electron chi connectivity index (χ0n) is 7.83. The number of tetrazole rings is 1. The summed E-state index contributed by atoms with van der Waals surface area (Å²) < 4.78 is 0. The van der Waals surface area contributed by atoms with E-state index in [2.05, 4.69) is 25.6 Å². The minimum absolute atomic E-state index is 0.667. The van der Waals surface area contributed by atoms with Gasteiger partial charge in [-0.1, -0.05) is 6.08 Å². The van der Waals surface area contributed by atoms with Gasteiger partial charge in [0.25, 0.3) is 0 Å². The summed E-state index contributed by atoms with van der Waals surface area (Å²) in [5, 5.41) is 13.7. The van der Waals surface area contributed by atoms with Crippen LogP contribution in [0.2, 0.25) is 0 Å². The van der Waals surface area contributed by atoms with E-state index in [0.29, 0.717) is 5.82 Å². The number of hydrogen-bond acceptors (Lipinski definition) is 5. The lowest BCUT2D eigenvalue weighted by Crippen LogP contribution is -2.29. The Morgan fingerprint density at radius 2 is 2.33 bits per heavy atom. The second-order valence-corrected chi connectivity index (χ2v) is 3.22. The zero-order chi connectivity index (χ0) is 10.1. The summed E-state index contributed by atoms with van der Waals surface area (Å²) in [5.41, 5.74) is 0.976. The van der Waals surface area contributed by atoms with Gasteiger partial charge in [0, 0.05) is 18.0 Å². The van der Waals surface area contributed by atoms with E-state index in [9.17, 15) is 0 Å². The van der Waals surface area contributed by atoms with Crippen molar-refractivity contribution in [3.63, 3.8) is 0 Å². The van der Waals surface area contributed by atoms with E-state index in [4.69, 9.17) is 0 Å². The molecular formula is C9H8N6. The Kier molecular flexibility index (Phi) is 1.71. The molecule has 3 heterocycles. The highest BCUT2D eigenvalue weighted by Crippen LogP contribution is 2.17. The topological polar surface area (TPSA) is 70.1 Å². The SMILES string of the molecule is C1=CC2=NC=C(c3nnn[nH]3)CN2C=C1. The summed E-state index contributed by atoms with van der Waals surface area (Å²) in [6.45, 7) is 0.733. The van der Waals surface area contributed by atoms with Gasteiger partial charge in [-0.05, 0) is 22.6 Å². The molecule has 0 fully saturated rings. The van der Waals surface area contributed by atoms with E-state index in [1.54, 1.807) is 6.20 Å². The number of nitrogens with zero attached hydrogens (tertiary/aromatic N) is 5. The van der Waals surface area contributed by atoms with Crippen molar-refractivity contribution in [2.24, 2.45) is 4.99 Å². The molecule has 0 radical (unpaired) electrons. The maximum absolute atomic E-state index is 4.32. The monoisotopic (exact) mass is 200 g/mol. The molecule has 3 rings (SSSR count). The lowest BCUT2D eigenvalue weighted by Gasteiger charge is -2.25. The molecule has 0 saturated heterocycles. The van der Waals surface area contributed by atoms with Crippen molar-refractivity contribution in [1.29, 1.82) is 0 Å². The molecular weight excluding hydrogens is 192 g/mol. The molecule has 0 aromatic carbocycles. The van der Waals surface area contributed by atoms with E-state index in [-0.39, 0.29) is 0 Å². The first-order chi connectivity index (χ1) is 7.43. The first-order valence-electron chi connectivity index (χ1n) is 4.56. The second kappa shape index (κ2) is 3.16. The van der Waals surface area contributed by atoms with Gasteiger partial charge in [-0.3, -0.25) is 0 Å². The lowest BCUT2D eigenvalue weighted by molar-refractivity contribution is 0.621. The molecule has 0 atom stereocenters. The summed E-state index contributed by atoms with van der Waals surface area (Å²) in [7, 11) is 0. The summed E-state index contributed by atoms with van der Waals surface area (Å²) in [6, 6.07) is 0. The van der Waals surface area contributed by atoms with Crippen molar-refractivity contribution >= 4 is 11.4 Å². The standard InChI is InChI=1S/C9H8N6/c1-2-4-15-6-7(5-10-8(15)3-1)9-11-13-14-12-9/h1-5H,6H2,(H,11,12,13,14). The van der Waals surface area contributed by atoms with E-state index in [0.717, 1.165) is 18.0 Å². The predicted octanol–water partition coefficient (Wildman–Crippen LogP) is 0.338. The number of nitrogens with one attached hydrogen (secondary N) is 1. The van der Waals surface area contributed by atoms with Crippen LogP contribution in [0.1, 0.15) is 5.82 Å². The molecule has 0 saturated carbocycles. The smallest absolute Gasteiger partial charge is 0.178 e. The average molecular weight is 200 g/mol. The first kappa shape index (κ1) is 8.10. The highest BCUT2D eigenvalue weighted by atomic mass is 15.5. The molecule has 1 N–H and O–H groups in total. The third-order valence-electron chi connectivity index (χ3n) is 2.26. The Balaban J connectivity index is 1.96. The van der Waals surface area contributed by atoms with Gasteiger partial charge < -0.3 is 4.90 Å². The number of hydrogen-bond donors (Lipinski definition) is 1. The molecule has 6 heteroatoms. The van der Waals surface area contributed by atoms with Crippen LogP contribution >= 0.6 is 0 Å². The van der Waals surface area contributed by atoms with Crippen LogP contribution in [0, 0.1) is 0 Å². The maximum Gasteiger partial charge on any atom is 0.178 e. The van der Waals surface area contributed by atoms with Crippen molar-refractivity contribution in [2.75, 3.05) is 6.54 Å². The summed E-state index contributed by atoms with van der Waals surface area (Å²) in [5.74, 6) is 1.61. The van der Waals surface area contributed by atoms with Crippen molar-refractivity contribution in [3.8, 4) is 0 Å². The molecule has 15 heavy (non-hydrogen) atoms. The van der Waals surface area contributed by atoms with E-state index < -0.39 is 0 Å². The second-order valence-electron chi connectivity index (χ2n) is 3.22.